The Morgan fingerprint density at radius 1 is 1.40 bits per heavy atom. The highest BCUT2D eigenvalue weighted by Gasteiger charge is 2.17. The molecule has 1 unspecified atom stereocenters. The summed E-state index contributed by atoms with van der Waals surface area (Å²) in [7, 11) is 0. The maximum Gasteiger partial charge on any atom is 0.313 e. The van der Waals surface area contributed by atoms with Crippen molar-refractivity contribution in [3.8, 4) is 6.07 Å². The van der Waals surface area contributed by atoms with Crippen molar-refractivity contribution < 1.29 is 9.59 Å². The number of benzene rings is 1. The molecule has 1 fully saturated rings. The molecular weight excluding hydrogens is 340 g/mol. The van der Waals surface area contributed by atoms with Crippen LogP contribution in [-0.2, 0) is 9.59 Å². The molecule has 1 aromatic carbocycles. The van der Waals surface area contributed by atoms with Crippen LogP contribution < -0.4 is 10.6 Å². The molecule has 0 radical (unpaired) electrons. The summed E-state index contributed by atoms with van der Waals surface area (Å²) in [5.74, 6) is -0.704. The van der Waals surface area contributed by atoms with E-state index < -0.39 is 11.8 Å². The van der Waals surface area contributed by atoms with E-state index in [4.69, 9.17) is 16.9 Å². The van der Waals surface area contributed by atoms with Crippen LogP contribution in [0.15, 0.2) is 18.2 Å². The smallest absolute Gasteiger partial charge is 0.313 e. The molecule has 1 aromatic rings. The normalized spacial score (nSPS) is 17.6. The fourth-order valence-electron chi connectivity index (χ4n) is 2.95. The number of piperidine rings is 1. The van der Waals surface area contributed by atoms with Crippen molar-refractivity contribution in [1.82, 2.24) is 10.2 Å². The van der Waals surface area contributed by atoms with Crippen LogP contribution >= 0.6 is 11.6 Å². The van der Waals surface area contributed by atoms with Crippen LogP contribution in [0.4, 0.5) is 5.69 Å². The Bertz CT molecular complexity index is 672. The Kier molecular flexibility index (Phi) is 7.23. The van der Waals surface area contributed by atoms with Crippen LogP contribution in [-0.4, -0.2) is 42.9 Å². The van der Waals surface area contributed by atoms with E-state index in [9.17, 15) is 9.59 Å². The fourth-order valence-corrected chi connectivity index (χ4v) is 3.11. The van der Waals surface area contributed by atoms with E-state index in [0.29, 0.717) is 17.3 Å². The van der Waals surface area contributed by atoms with Gasteiger partial charge in [-0.1, -0.05) is 18.5 Å². The molecule has 2 amide bonds. The molecule has 0 aliphatic carbocycles. The largest absolute Gasteiger partial charge is 0.348 e. The topological polar surface area (TPSA) is 85.2 Å². The number of nitrogens with one attached hydrogen (secondary N) is 2. The zero-order chi connectivity index (χ0) is 18.2. The van der Waals surface area contributed by atoms with Gasteiger partial charge in [0.2, 0.25) is 0 Å². The summed E-state index contributed by atoms with van der Waals surface area (Å²) < 4.78 is 0. The first-order valence-corrected chi connectivity index (χ1v) is 8.88. The van der Waals surface area contributed by atoms with Crippen molar-refractivity contribution in [3.05, 3.63) is 28.8 Å². The lowest BCUT2D eigenvalue weighted by Gasteiger charge is -2.30. The summed E-state index contributed by atoms with van der Waals surface area (Å²) in [6.07, 6.45) is 3.32. The molecule has 25 heavy (non-hydrogen) atoms. The van der Waals surface area contributed by atoms with Crippen LogP contribution in [0, 0.1) is 17.2 Å². The number of hydrogen-bond donors (Lipinski definition) is 2. The highest BCUT2D eigenvalue weighted by Crippen LogP contribution is 2.19. The summed E-state index contributed by atoms with van der Waals surface area (Å²) >= 11 is 5.83. The minimum absolute atomic E-state index is 0.246. The molecule has 1 aliphatic rings. The van der Waals surface area contributed by atoms with Crippen molar-refractivity contribution in [3.63, 3.8) is 0 Å². The number of carbonyl (C=O) groups excluding carboxylic acids is 2. The highest BCUT2D eigenvalue weighted by molar-refractivity contribution is 6.39. The quantitative estimate of drug-likeness (QED) is 0.622. The summed E-state index contributed by atoms with van der Waals surface area (Å²) in [5.41, 5.74) is 0.610. The number of rotatable bonds is 5. The molecule has 2 N–H and O–H groups in total. The molecule has 1 aliphatic heterocycles. The summed E-state index contributed by atoms with van der Waals surface area (Å²) in [6, 6.07) is 6.42. The molecule has 1 heterocycles. The molecule has 2 rings (SSSR count). The van der Waals surface area contributed by atoms with E-state index in [1.54, 1.807) is 6.07 Å². The standard InChI is InChI=1S/C18H23ClN4O2/c1-13-4-2-8-23(12-13)9-3-7-21-17(24)18(25)22-15-5-6-16(19)14(10-15)11-20/h5-6,10,13H,2-4,7-9,12H2,1H3,(H,21,24)(H,22,25). The number of nitrogens with zero attached hydrogens (tertiary/aromatic N) is 2. The van der Waals surface area contributed by atoms with Gasteiger partial charge in [-0.15, -0.1) is 0 Å². The van der Waals surface area contributed by atoms with Crippen LogP contribution in [0.3, 0.4) is 0 Å². The maximum atomic E-state index is 11.9. The third kappa shape index (κ3) is 6.04. The molecule has 7 heteroatoms. The first-order valence-electron chi connectivity index (χ1n) is 8.50. The Hall–Kier alpha value is -2.10. The van der Waals surface area contributed by atoms with Gasteiger partial charge in [0.05, 0.1) is 10.6 Å². The maximum absolute atomic E-state index is 11.9. The lowest BCUT2D eigenvalue weighted by atomic mass is 10.0. The number of carbonyl (C=O) groups is 2. The summed E-state index contributed by atoms with van der Waals surface area (Å²) in [4.78, 5) is 26.1. The van der Waals surface area contributed by atoms with Gasteiger partial charge in [-0.25, -0.2) is 0 Å². The van der Waals surface area contributed by atoms with Crippen molar-refractivity contribution in [2.24, 2.45) is 5.92 Å². The second kappa shape index (κ2) is 9.40. The van der Waals surface area contributed by atoms with Crippen molar-refractivity contribution in [1.29, 1.82) is 5.26 Å². The van der Waals surface area contributed by atoms with E-state index in [0.717, 1.165) is 32.0 Å². The molecule has 0 bridgehead atoms. The number of hydrogen-bond acceptors (Lipinski definition) is 4. The highest BCUT2D eigenvalue weighted by atomic mass is 35.5. The molecule has 134 valence electrons. The number of nitriles is 1. The molecule has 0 spiro atoms. The van der Waals surface area contributed by atoms with Gasteiger partial charge < -0.3 is 15.5 Å². The van der Waals surface area contributed by atoms with E-state index in [-0.39, 0.29) is 5.56 Å². The zero-order valence-electron chi connectivity index (χ0n) is 14.3. The van der Waals surface area contributed by atoms with E-state index in [1.165, 1.54) is 25.0 Å². The number of anilines is 1. The van der Waals surface area contributed by atoms with Gasteiger partial charge in [0, 0.05) is 18.8 Å². The van der Waals surface area contributed by atoms with Gasteiger partial charge in [-0.3, -0.25) is 9.59 Å². The lowest BCUT2D eigenvalue weighted by Crippen LogP contribution is -2.39. The van der Waals surface area contributed by atoms with Gasteiger partial charge in [-0.2, -0.15) is 5.26 Å². The SMILES string of the molecule is CC1CCCN(CCCNC(=O)C(=O)Nc2ccc(Cl)c(C#N)c2)C1. The Morgan fingerprint density at radius 3 is 2.92 bits per heavy atom. The van der Waals surface area contributed by atoms with E-state index in [2.05, 4.69) is 22.5 Å². The lowest BCUT2D eigenvalue weighted by molar-refractivity contribution is -0.136. The first kappa shape index (κ1) is 19.2. The molecule has 0 aromatic heterocycles. The average Bonchev–Trinajstić information content (AvgIpc) is 2.60. The predicted octanol–water partition coefficient (Wildman–Crippen LogP) is 2.39. The zero-order valence-corrected chi connectivity index (χ0v) is 15.1. The monoisotopic (exact) mass is 362 g/mol. The third-order valence-electron chi connectivity index (χ3n) is 4.23. The van der Waals surface area contributed by atoms with Crippen molar-refractivity contribution in [2.75, 3.05) is 31.5 Å². The first-order chi connectivity index (χ1) is 12.0. The van der Waals surface area contributed by atoms with Gasteiger partial charge in [-0.05, 0) is 56.5 Å². The van der Waals surface area contributed by atoms with Crippen molar-refractivity contribution in [2.45, 2.75) is 26.2 Å². The van der Waals surface area contributed by atoms with Crippen LogP contribution in [0.1, 0.15) is 31.7 Å². The number of amides is 2. The third-order valence-corrected chi connectivity index (χ3v) is 4.56. The summed E-state index contributed by atoms with van der Waals surface area (Å²) in [6.45, 7) is 5.85. The summed E-state index contributed by atoms with van der Waals surface area (Å²) in [5, 5.41) is 14.3. The van der Waals surface area contributed by atoms with Crippen LogP contribution in [0.5, 0.6) is 0 Å². The van der Waals surface area contributed by atoms with E-state index >= 15 is 0 Å². The second-order valence-electron chi connectivity index (χ2n) is 6.42. The average molecular weight is 363 g/mol. The second-order valence-corrected chi connectivity index (χ2v) is 6.83. The number of likely N-dealkylation sites (tertiary alicyclic amines) is 1. The van der Waals surface area contributed by atoms with Crippen LogP contribution in [0.2, 0.25) is 5.02 Å². The molecular formula is C18H23ClN4O2. The Balaban J connectivity index is 1.71. The molecule has 1 saturated heterocycles. The van der Waals surface area contributed by atoms with Gasteiger partial charge in [0.15, 0.2) is 0 Å². The minimum Gasteiger partial charge on any atom is -0.348 e. The number of halogens is 1. The van der Waals surface area contributed by atoms with Gasteiger partial charge in [0.1, 0.15) is 6.07 Å². The fraction of sp³-hybridized carbons (Fsp3) is 0.500. The van der Waals surface area contributed by atoms with Gasteiger partial charge >= 0.3 is 11.8 Å². The Morgan fingerprint density at radius 2 is 2.20 bits per heavy atom. The van der Waals surface area contributed by atoms with Gasteiger partial charge in [0.25, 0.3) is 0 Å². The molecule has 6 nitrogen and oxygen atoms in total. The van der Waals surface area contributed by atoms with E-state index in [1.807, 2.05) is 6.07 Å². The minimum atomic E-state index is -0.752. The van der Waals surface area contributed by atoms with Crippen LogP contribution in [0.25, 0.3) is 0 Å². The molecule has 0 saturated carbocycles. The molecule has 1 atom stereocenters. The Labute approximate surface area is 153 Å². The van der Waals surface area contributed by atoms with Crippen molar-refractivity contribution >= 4 is 29.1 Å². The predicted molar refractivity (Wildman–Crippen MR) is 97.3 cm³/mol.